The predicted molar refractivity (Wildman–Crippen MR) is 81.5 cm³/mol. The Kier molecular flexibility index (Phi) is 11.4. The van der Waals surface area contributed by atoms with Crippen LogP contribution < -0.4 is 0 Å². The number of aliphatic hydroxyl groups excluding tert-OH is 3. The van der Waals surface area contributed by atoms with Crippen molar-refractivity contribution >= 4 is 0 Å². The van der Waals surface area contributed by atoms with Crippen LogP contribution in [-0.2, 0) is 14.2 Å². The van der Waals surface area contributed by atoms with Gasteiger partial charge in [-0.1, -0.05) is 0 Å². The lowest BCUT2D eigenvalue weighted by Gasteiger charge is -2.28. The summed E-state index contributed by atoms with van der Waals surface area (Å²) in [5.41, 5.74) is 0. The van der Waals surface area contributed by atoms with E-state index in [0.29, 0.717) is 0 Å². The monoisotopic (exact) mass is 488 g/mol. The number of hydrogen-bond donors (Lipinski definition) is 3. The molecule has 6 nitrogen and oxygen atoms in total. The van der Waals surface area contributed by atoms with Crippen molar-refractivity contribution in [3.63, 3.8) is 0 Å². The number of halogens is 10. The van der Waals surface area contributed by atoms with Gasteiger partial charge in [0.2, 0.25) is 0 Å². The minimum atomic E-state index is -5.34. The topological polar surface area (TPSA) is 88.4 Å². The fourth-order valence-corrected chi connectivity index (χ4v) is 1.92. The van der Waals surface area contributed by atoms with Gasteiger partial charge in [-0.15, -0.1) is 0 Å². The van der Waals surface area contributed by atoms with Crippen LogP contribution in [0.5, 0.6) is 0 Å². The lowest BCUT2D eigenvalue weighted by atomic mass is 10.2. The minimum absolute atomic E-state index is 0.491. The molecule has 0 aliphatic heterocycles. The first-order chi connectivity index (χ1) is 13.8. The largest absolute Gasteiger partial charge is 0.394 e. The Morgan fingerprint density at radius 3 is 1.65 bits per heavy atom. The quantitative estimate of drug-likeness (QED) is 0.216. The van der Waals surface area contributed by atoms with Gasteiger partial charge >= 0.3 is 12.2 Å². The van der Waals surface area contributed by atoms with E-state index in [1.165, 1.54) is 0 Å². The molecule has 0 saturated heterocycles. The van der Waals surface area contributed by atoms with Gasteiger partial charge in [-0.2, -0.15) is 17.6 Å². The van der Waals surface area contributed by atoms with Crippen LogP contribution in [0.4, 0.5) is 43.9 Å². The van der Waals surface area contributed by atoms with Crippen molar-refractivity contribution < 1.29 is 73.4 Å². The van der Waals surface area contributed by atoms with Gasteiger partial charge in [-0.3, -0.25) is 4.74 Å². The number of rotatable bonds is 17. The first-order valence-electron chi connectivity index (χ1n) is 8.49. The van der Waals surface area contributed by atoms with Crippen molar-refractivity contribution in [1.29, 1.82) is 0 Å². The van der Waals surface area contributed by atoms with Crippen molar-refractivity contribution in [3.05, 3.63) is 0 Å². The number of hydrogen-bond acceptors (Lipinski definition) is 6. The van der Waals surface area contributed by atoms with Gasteiger partial charge in [-0.05, 0) is 0 Å². The Labute approximate surface area is 169 Å². The van der Waals surface area contributed by atoms with Crippen molar-refractivity contribution in [2.75, 3.05) is 39.6 Å². The van der Waals surface area contributed by atoms with E-state index in [9.17, 15) is 43.9 Å². The van der Waals surface area contributed by atoms with Gasteiger partial charge in [-0.25, -0.2) is 26.3 Å². The highest BCUT2D eigenvalue weighted by Gasteiger charge is 2.54. The zero-order chi connectivity index (χ0) is 24.6. The molecule has 0 aliphatic carbocycles. The lowest BCUT2D eigenvalue weighted by Crippen LogP contribution is -2.43. The molecule has 0 aliphatic rings. The molecule has 31 heavy (non-hydrogen) atoms. The van der Waals surface area contributed by atoms with Crippen LogP contribution in [0.3, 0.4) is 0 Å². The molecule has 16 heteroatoms. The molecular weight excluding hydrogens is 466 g/mol. The predicted octanol–water partition coefficient (Wildman–Crippen LogP) is 2.64. The molecule has 0 aromatic carbocycles. The Morgan fingerprint density at radius 2 is 1.16 bits per heavy atom. The molecule has 0 aromatic rings. The molecule has 1 atom stereocenters. The fraction of sp³-hybridized carbons (Fsp3) is 1.00. The van der Waals surface area contributed by atoms with E-state index in [-0.39, 0.29) is 0 Å². The number of alkyl halides is 10. The highest BCUT2D eigenvalue weighted by Crippen LogP contribution is 2.40. The second-order valence-electron chi connectivity index (χ2n) is 6.61. The second kappa shape index (κ2) is 11.8. The molecule has 0 fully saturated rings. The smallest absolute Gasteiger partial charge is 0.366 e. The molecule has 0 amide bonds. The summed E-state index contributed by atoms with van der Waals surface area (Å²) in [5.74, 6) is -12.9. The van der Waals surface area contributed by atoms with Crippen LogP contribution in [-0.4, -0.2) is 91.0 Å². The van der Waals surface area contributed by atoms with E-state index in [1.54, 1.807) is 0 Å². The normalized spacial score (nSPS) is 15.4. The van der Waals surface area contributed by atoms with E-state index in [4.69, 9.17) is 15.3 Å². The Bertz CT molecular complexity index is 521. The van der Waals surface area contributed by atoms with E-state index >= 15 is 0 Å². The van der Waals surface area contributed by atoms with Gasteiger partial charge in [0.15, 0.2) is 0 Å². The van der Waals surface area contributed by atoms with Gasteiger partial charge in [0.05, 0.1) is 19.8 Å². The van der Waals surface area contributed by atoms with Gasteiger partial charge < -0.3 is 24.8 Å². The maximum atomic E-state index is 13.5. The molecule has 0 heterocycles. The Hall–Kier alpha value is -0.940. The molecule has 0 rings (SSSR count). The molecule has 3 N–H and O–H groups in total. The zero-order valence-corrected chi connectivity index (χ0v) is 15.8. The maximum absolute atomic E-state index is 13.5. The van der Waals surface area contributed by atoms with Crippen LogP contribution in [0.15, 0.2) is 0 Å². The van der Waals surface area contributed by atoms with Crippen molar-refractivity contribution in [3.8, 4) is 0 Å². The fourth-order valence-electron chi connectivity index (χ4n) is 1.92. The van der Waals surface area contributed by atoms with Gasteiger partial charge in [0, 0.05) is 6.42 Å². The molecular formula is C15H22F10O6. The molecule has 0 aromatic heterocycles. The first-order valence-corrected chi connectivity index (χ1v) is 8.49. The van der Waals surface area contributed by atoms with Crippen LogP contribution >= 0.6 is 0 Å². The standard InChI is InChI=1S/C15H22F10O6/c16-11(17,1-2-29-4-10(28)3-26)8-30-9-13(20,21)6-15(24,25)31-14(22,23)5-12(18,19)7-27/h10,26-28H,1-9H2. The van der Waals surface area contributed by atoms with Crippen LogP contribution in [0.2, 0.25) is 0 Å². The third-order valence-corrected chi connectivity index (χ3v) is 3.22. The average Bonchev–Trinajstić information content (AvgIpc) is 2.54. The summed E-state index contributed by atoms with van der Waals surface area (Å²) in [6, 6.07) is 0. The van der Waals surface area contributed by atoms with E-state index in [1.807, 2.05) is 0 Å². The first kappa shape index (κ1) is 30.1. The maximum Gasteiger partial charge on any atom is 0.366 e. The third kappa shape index (κ3) is 14.7. The average molecular weight is 488 g/mol. The van der Waals surface area contributed by atoms with Crippen LogP contribution in [0, 0.1) is 0 Å². The summed E-state index contributed by atoms with van der Waals surface area (Å²) in [7, 11) is 0. The van der Waals surface area contributed by atoms with Crippen LogP contribution in [0.1, 0.15) is 19.3 Å². The molecule has 0 radical (unpaired) electrons. The summed E-state index contributed by atoms with van der Waals surface area (Å²) in [5, 5.41) is 25.5. The molecule has 0 spiro atoms. The summed E-state index contributed by atoms with van der Waals surface area (Å²) >= 11 is 0. The van der Waals surface area contributed by atoms with Gasteiger partial charge in [0.1, 0.15) is 38.8 Å². The molecule has 0 bridgehead atoms. The highest BCUT2D eigenvalue weighted by atomic mass is 19.3. The Balaban J connectivity index is 4.55. The summed E-state index contributed by atoms with van der Waals surface area (Å²) in [4.78, 5) is 0. The number of aliphatic hydroxyl groups is 3. The highest BCUT2D eigenvalue weighted by molar-refractivity contribution is 4.76. The van der Waals surface area contributed by atoms with E-state index < -0.39 is 95.0 Å². The molecule has 0 saturated carbocycles. The number of ether oxygens (including phenoxy) is 3. The molecule has 1 unspecified atom stereocenters. The summed E-state index contributed by atoms with van der Waals surface area (Å²) in [6.45, 7) is -7.73. The summed E-state index contributed by atoms with van der Waals surface area (Å²) < 4.78 is 143. The molecule has 188 valence electrons. The van der Waals surface area contributed by atoms with Gasteiger partial charge in [0.25, 0.3) is 17.8 Å². The SMILES string of the molecule is OCC(O)COCCC(F)(F)COCC(F)(F)CC(F)(F)OC(F)(F)CC(F)(F)CO. The van der Waals surface area contributed by atoms with Crippen molar-refractivity contribution in [2.24, 2.45) is 0 Å². The third-order valence-electron chi connectivity index (χ3n) is 3.22. The second-order valence-corrected chi connectivity index (χ2v) is 6.61. The van der Waals surface area contributed by atoms with Crippen LogP contribution in [0.25, 0.3) is 0 Å². The lowest BCUT2D eigenvalue weighted by molar-refractivity contribution is -0.398. The van der Waals surface area contributed by atoms with Crippen molar-refractivity contribution in [2.45, 2.75) is 55.4 Å². The van der Waals surface area contributed by atoms with Crippen molar-refractivity contribution in [1.82, 2.24) is 0 Å². The van der Waals surface area contributed by atoms with E-state index in [0.717, 1.165) is 0 Å². The zero-order valence-electron chi connectivity index (χ0n) is 15.8. The van der Waals surface area contributed by atoms with E-state index in [2.05, 4.69) is 14.2 Å². The Morgan fingerprint density at radius 1 is 0.677 bits per heavy atom. The minimum Gasteiger partial charge on any atom is -0.394 e. The summed E-state index contributed by atoms with van der Waals surface area (Å²) in [6.07, 6.45) is -18.5.